The van der Waals surface area contributed by atoms with E-state index in [1.54, 1.807) is 7.11 Å². The fourth-order valence-electron chi connectivity index (χ4n) is 1.86. The highest BCUT2D eigenvalue weighted by Crippen LogP contribution is 2.38. The minimum atomic E-state index is 0.259. The van der Waals surface area contributed by atoms with Gasteiger partial charge in [0.15, 0.2) is 0 Å². The lowest BCUT2D eigenvalue weighted by molar-refractivity contribution is 0.416. The number of ether oxygens (including phenoxy) is 1. The Labute approximate surface area is 118 Å². The van der Waals surface area contributed by atoms with Gasteiger partial charge in [0.1, 0.15) is 22.4 Å². The first-order valence-corrected chi connectivity index (χ1v) is 6.16. The van der Waals surface area contributed by atoms with E-state index in [1.807, 2.05) is 24.3 Å². The molecular formula is C12H8Cl2N4O. The summed E-state index contributed by atoms with van der Waals surface area (Å²) in [7, 11) is 1.59. The first kappa shape index (κ1) is 12.2. The number of aromatic nitrogens is 4. The molecule has 0 atom stereocenters. The largest absolute Gasteiger partial charge is 0.496 e. The number of para-hydroxylation sites is 1. The van der Waals surface area contributed by atoms with Crippen LogP contribution in [-0.2, 0) is 0 Å². The minimum absolute atomic E-state index is 0.259. The SMILES string of the molecule is COc1ccccc1-c1c(Cl)nc2ncnn2c1Cl. The second-order valence-electron chi connectivity index (χ2n) is 3.74. The monoisotopic (exact) mass is 294 g/mol. The molecule has 0 saturated heterocycles. The van der Waals surface area contributed by atoms with Crippen LogP contribution in [0.3, 0.4) is 0 Å². The van der Waals surface area contributed by atoms with Crippen molar-refractivity contribution in [3.05, 3.63) is 40.9 Å². The van der Waals surface area contributed by atoms with Gasteiger partial charge in [0.2, 0.25) is 0 Å². The molecule has 19 heavy (non-hydrogen) atoms. The summed E-state index contributed by atoms with van der Waals surface area (Å²) in [6, 6.07) is 7.42. The summed E-state index contributed by atoms with van der Waals surface area (Å²) in [5, 5.41) is 4.62. The molecule has 5 nitrogen and oxygen atoms in total. The second-order valence-corrected chi connectivity index (χ2v) is 4.46. The highest BCUT2D eigenvalue weighted by Gasteiger charge is 2.18. The summed E-state index contributed by atoms with van der Waals surface area (Å²) in [4.78, 5) is 8.12. The van der Waals surface area contributed by atoms with Crippen LogP contribution in [0.1, 0.15) is 0 Å². The smallest absolute Gasteiger partial charge is 0.255 e. The fourth-order valence-corrected chi connectivity index (χ4v) is 2.48. The number of hydrogen-bond donors (Lipinski definition) is 0. The molecule has 0 N–H and O–H groups in total. The quantitative estimate of drug-likeness (QED) is 0.682. The maximum Gasteiger partial charge on any atom is 0.255 e. The molecule has 0 bridgehead atoms. The van der Waals surface area contributed by atoms with Crippen LogP contribution in [0.5, 0.6) is 5.75 Å². The lowest BCUT2D eigenvalue weighted by atomic mass is 10.1. The fraction of sp³-hybridized carbons (Fsp3) is 0.0833. The molecule has 96 valence electrons. The van der Waals surface area contributed by atoms with E-state index in [0.717, 1.165) is 5.56 Å². The van der Waals surface area contributed by atoms with Gasteiger partial charge in [-0.1, -0.05) is 41.4 Å². The van der Waals surface area contributed by atoms with Crippen molar-refractivity contribution in [3.8, 4) is 16.9 Å². The van der Waals surface area contributed by atoms with E-state index in [0.29, 0.717) is 22.2 Å². The Hall–Kier alpha value is -1.85. The van der Waals surface area contributed by atoms with Crippen LogP contribution in [0.4, 0.5) is 0 Å². The van der Waals surface area contributed by atoms with Gasteiger partial charge in [-0.05, 0) is 6.07 Å². The maximum absolute atomic E-state index is 6.33. The first-order chi connectivity index (χ1) is 9.22. The molecule has 7 heteroatoms. The molecule has 1 aromatic carbocycles. The molecule has 0 radical (unpaired) electrons. The Kier molecular flexibility index (Phi) is 3.00. The zero-order chi connectivity index (χ0) is 13.4. The van der Waals surface area contributed by atoms with Gasteiger partial charge in [-0.25, -0.2) is 0 Å². The first-order valence-electron chi connectivity index (χ1n) is 5.40. The van der Waals surface area contributed by atoms with Crippen molar-refractivity contribution in [2.45, 2.75) is 0 Å². The molecule has 3 aromatic rings. The van der Waals surface area contributed by atoms with Crippen molar-refractivity contribution >= 4 is 29.0 Å². The van der Waals surface area contributed by atoms with Crippen LogP contribution in [0, 0.1) is 0 Å². The Morgan fingerprint density at radius 3 is 2.79 bits per heavy atom. The van der Waals surface area contributed by atoms with Gasteiger partial charge >= 0.3 is 0 Å². The van der Waals surface area contributed by atoms with Crippen LogP contribution in [-0.4, -0.2) is 26.7 Å². The van der Waals surface area contributed by atoms with E-state index in [9.17, 15) is 0 Å². The standard InChI is InChI=1S/C12H8Cl2N4O/c1-19-8-5-3-2-4-7(8)9-10(13)17-12-15-6-16-18(12)11(9)14/h2-6H,1H3. The van der Waals surface area contributed by atoms with Crippen molar-refractivity contribution in [3.63, 3.8) is 0 Å². The third-order valence-corrected chi connectivity index (χ3v) is 3.33. The van der Waals surface area contributed by atoms with E-state index < -0.39 is 0 Å². The van der Waals surface area contributed by atoms with Crippen molar-refractivity contribution in [1.29, 1.82) is 0 Å². The summed E-state index contributed by atoms with van der Waals surface area (Å²) in [5.41, 5.74) is 1.32. The highest BCUT2D eigenvalue weighted by molar-refractivity contribution is 6.38. The van der Waals surface area contributed by atoms with Crippen molar-refractivity contribution < 1.29 is 4.74 Å². The Morgan fingerprint density at radius 2 is 2.00 bits per heavy atom. The van der Waals surface area contributed by atoms with Crippen LogP contribution in [0.25, 0.3) is 16.9 Å². The molecule has 0 saturated carbocycles. The van der Waals surface area contributed by atoms with Gasteiger partial charge in [0.25, 0.3) is 5.78 Å². The summed E-state index contributed by atoms with van der Waals surface area (Å²) < 4.78 is 6.74. The molecule has 3 rings (SSSR count). The molecule has 0 aliphatic rings. The lowest BCUT2D eigenvalue weighted by Crippen LogP contribution is -1.98. The number of halogens is 2. The van der Waals surface area contributed by atoms with Gasteiger partial charge in [-0.3, -0.25) is 0 Å². The highest BCUT2D eigenvalue weighted by atomic mass is 35.5. The summed E-state index contributed by atoms with van der Waals surface area (Å²) in [5.74, 6) is 1.02. The van der Waals surface area contributed by atoms with E-state index in [1.165, 1.54) is 10.8 Å². The molecule has 0 aliphatic heterocycles. The number of methoxy groups -OCH3 is 1. The summed E-state index contributed by atoms with van der Waals surface area (Å²) in [6.45, 7) is 0. The zero-order valence-corrected chi connectivity index (χ0v) is 11.4. The number of rotatable bonds is 2. The Bertz CT molecular complexity index is 757. The maximum atomic E-state index is 6.33. The van der Waals surface area contributed by atoms with Crippen LogP contribution >= 0.6 is 23.2 Å². The minimum Gasteiger partial charge on any atom is -0.496 e. The average Bonchev–Trinajstić information content (AvgIpc) is 2.87. The van der Waals surface area contributed by atoms with E-state index in [-0.39, 0.29) is 5.15 Å². The molecule has 0 fully saturated rings. The zero-order valence-electron chi connectivity index (χ0n) is 9.84. The Morgan fingerprint density at radius 1 is 1.21 bits per heavy atom. The average molecular weight is 295 g/mol. The normalized spacial score (nSPS) is 10.9. The van der Waals surface area contributed by atoms with E-state index >= 15 is 0 Å². The number of nitrogens with zero attached hydrogens (tertiary/aromatic N) is 4. The number of hydrogen-bond acceptors (Lipinski definition) is 4. The Balaban J connectivity index is 2.35. The van der Waals surface area contributed by atoms with Crippen LogP contribution in [0.2, 0.25) is 10.3 Å². The van der Waals surface area contributed by atoms with Crippen LogP contribution < -0.4 is 4.74 Å². The number of benzene rings is 1. The topological polar surface area (TPSA) is 52.3 Å². The summed E-state index contributed by atoms with van der Waals surface area (Å²) >= 11 is 12.5. The molecule has 0 aliphatic carbocycles. The lowest BCUT2D eigenvalue weighted by Gasteiger charge is -2.11. The van der Waals surface area contributed by atoms with E-state index in [4.69, 9.17) is 27.9 Å². The molecule has 0 amide bonds. The van der Waals surface area contributed by atoms with Gasteiger partial charge in [0, 0.05) is 5.56 Å². The van der Waals surface area contributed by atoms with Crippen molar-refractivity contribution in [2.24, 2.45) is 0 Å². The third-order valence-electron chi connectivity index (χ3n) is 2.70. The van der Waals surface area contributed by atoms with Gasteiger partial charge < -0.3 is 4.74 Å². The van der Waals surface area contributed by atoms with Crippen LogP contribution in [0.15, 0.2) is 30.6 Å². The third kappa shape index (κ3) is 1.91. The van der Waals surface area contributed by atoms with Crippen molar-refractivity contribution in [1.82, 2.24) is 19.6 Å². The molecule has 2 heterocycles. The molecular weight excluding hydrogens is 287 g/mol. The predicted molar refractivity (Wildman–Crippen MR) is 72.8 cm³/mol. The number of fused-ring (bicyclic) bond motifs is 1. The molecule has 0 unspecified atom stereocenters. The van der Waals surface area contributed by atoms with E-state index in [2.05, 4.69) is 15.1 Å². The van der Waals surface area contributed by atoms with Gasteiger partial charge in [-0.2, -0.15) is 19.6 Å². The predicted octanol–water partition coefficient (Wildman–Crippen LogP) is 3.11. The molecule has 2 aromatic heterocycles. The van der Waals surface area contributed by atoms with Gasteiger partial charge in [-0.15, -0.1) is 0 Å². The molecule has 0 spiro atoms. The van der Waals surface area contributed by atoms with Crippen molar-refractivity contribution in [2.75, 3.05) is 7.11 Å². The van der Waals surface area contributed by atoms with Gasteiger partial charge in [0.05, 0.1) is 12.7 Å². The summed E-state index contributed by atoms with van der Waals surface area (Å²) in [6.07, 6.45) is 1.37. The second kappa shape index (κ2) is 4.68.